The van der Waals surface area contributed by atoms with Crippen LogP contribution in [0.2, 0.25) is 5.28 Å². The van der Waals surface area contributed by atoms with Crippen molar-refractivity contribution in [1.82, 2.24) is 15.3 Å². The van der Waals surface area contributed by atoms with Crippen LogP contribution >= 0.6 is 11.6 Å². The first-order valence-corrected chi connectivity index (χ1v) is 5.53. The van der Waals surface area contributed by atoms with Gasteiger partial charge in [0.2, 0.25) is 11.2 Å². The number of rotatable bonds is 2. The van der Waals surface area contributed by atoms with Crippen molar-refractivity contribution in [1.29, 1.82) is 0 Å². The zero-order valence-electron chi connectivity index (χ0n) is 8.98. The summed E-state index contributed by atoms with van der Waals surface area (Å²) in [5.74, 6) is 0.820. The summed E-state index contributed by atoms with van der Waals surface area (Å²) in [6.07, 6.45) is 2.57. The van der Waals surface area contributed by atoms with Gasteiger partial charge in [-0.3, -0.25) is 4.79 Å². The van der Waals surface area contributed by atoms with Gasteiger partial charge < -0.3 is 10.2 Å². The standard InChI is InChI=1S/C10H13ClN4O/c1-7(16)13-8-3-5-15(6-8)9-2-4-12-10(11)14-9/h2,4,8H,3,5-6H2,1H3,(H,13,16). The lowest BCUT2D eigenvalue weighted by molar-refractivity contribution is -0.119. The maximum absolute atomic E-state index is 10.9. The molecule has 0 bridgehead atoms. The molecule has 0 spiro atoms. The Labute approximate surface area is 98.8 Å². The third kappa shape index (κ3) is 2.61. The molecule has 16 heavy (non-hydrogen) atoms. The van der Waals surface area contributed by atoms with Crippen LogP contribution < -0.4 is 10.2 Å². The molecule has 1 saturated heterocycles. The minimum atomic E-state index is 0.00701. The van der Waals surface area contributed by atoms with E-state index in [2.05, 4.69) is 20.2 Å². The van der Waals surface area contributed by atoms with Gasteiger partial charge >= 0.3 is 0 Å². The zero-order chi connectivity index (χ0) is 11.5. The summed E-state index contributed by atoms with van der Waals surface area (Å²) in [6.45, 7) is 3.18. The second kappa shape index (κ2) is 4.65. The minimum Gasteiger partial charge on any atom is -0.354 e. The van der Waals surface area contributed by atoms with Gasteiger partial charge in [-0.25, -0.2) is 9.97 Å². The van der Waals surface area contributed by atoms with Crippen molar-refractivity contribution < 1.29 is 4.79 Å². The summed E-state index contributed by atoms with van der Waals surface area (Å²) < 4.78 is 0. The normalized spacial score (nSPS) is 19.9. The van der Waals surface area contributed by atoms with Crippen LogP contribution in [0, 0.1) is 0 Å². The maximum Gasteiger partial charge on any atom is 0.224 e. The van der Waals surface area contributed by atoms with Crippen LogP contribution in [0.15, 0.2) is 12.3 Å². The molecule has 2 heterocycles. The molecule has 1 aromatic heterocycles. The fourth-order valence-corrected chi connectivity index (χ4v) is 2.02. The molecule has 1 atom stereocenters. The van der Waals surface area contributed by atoms with E-state index in [1.54, 1.807) is 6.20 Å². The van der Waals surface area contributed by atoms with Crippen LogP contribution in [0.1, 0.15) is 13.3 Å². The van der Waals surface area contributed by atoms with Crippen LogP contribution in [-0.4, -0.2) is 35.0 Å². The summed E-state index contributed by atoms with van der Waals surface area (Å²) in [5, 5.41) is 3.15. The first kappa shape index (κ1) is 11.1. The number of carbonyl (C=O) groups is 1. The molecule has 0 aliphatic carbocycles. The summed E-state index contributed by atoms with van der Waals surface area (Å²) >= 11 is 5.73. The number of nitrogens with zero attached hydrogens (tertiary/aromatic N) is 3. The summed E-state index contributed by atoms with van der Waals surface area (Å²) in [6, 6.07) is 2.02. The molecule has 1 aromatic rings. The molecule has 1 unspecified atom stereocenters. The van der Waals surface area contributed by atoms with Crippen LogP contribution in [0.4, 0.5) is 5.82 Å². The molecule has 2 rings (SSSR count). The molecular formula is C10H13ClN4O. The SMILES string of the molecule is CC(=O)NC1CCN(c2ccnc(Cl)n2)C1. The third-order valence-corrected chi connectivity index (χ3v) is 2.71. The Kier molecular flexibility index (Phi) is 3.24. The lowest BCUT2D eigenvalue weighted by atomic mass is 10.3. The van der Waals surface area contributed by atoms with E-state index in [0.29, 0.717) is 0 Å². The fraction of sp³-hybridized carbons (Fsp3) is 0.500. The Hall–Kier alpha value is -1.36. The van der Waals surface area contributed by atoms with Gasteiger partial charge in [-0.2, -0.15) is 0 Å². The van der Waals surface area contributed by atoms with E-state index in [-0.39, 0.29) is 17.2 Å². The quantitative estimate of drug-likeness (QED) is 0.779. The largest absolute Gasteiger partial charge is 0.354 e. The number of hydrogen-bond donors (Lipinski definition) is 1. The number of hydrogen-bond acceptors (Lipinski definition) is 4. The van der Waals surface area contributed by atoms with Crippen LogP contribution in [-0.2, 0) is 4.79 Å². The van der Waals surface area contributed by atoms with E-state index in [9.17, 15) is 4.79 Å². The van der Waals surface area contributed by atoms with Gasteiger partial charge in [0.15, 0.2) is 0 Å². The summed E-state index contributed by atoms with van der Waals surface area (Å²) in [5.41, 5.74) is 0. The number of amides is 1. The molecule has 0 radical (unpaired) electrons. The molecule has 1 aliphatic rings. The van der Waals surface area contributed by atoms with Crippen LogP contribution in [0.5, 0.6) is 0 Å². The molecular weight excluding hydrogens is 228 g/mol. The predicted octanol–water partition coefficient (Wildman–Crippen LogP) is 0.845. The second-order valence-corrected chi connectivity index (χ2v) is 4.15. The smallest absolute Gasteiger partial charge is 0.224 e. The van der Waals surface area contributed by atoms with Crippen molar-refractivity contribution in [2.75, 3.05) is 18.0 Å². The highest BCUT2D eigenvalue weighted by Gasteiger charge is 2.23. The van der Waals surface area contributed by atoms with Gasteiger partial charge in [-0.05, 0) is 24.1 Å². The van der Waals surface area contributed by atoms with Gasteiger partial charge in [0.25, 0.3) is 0 Å². The number of nitrogens with one attached hydrogen (secondary N) is 1. The number of halogens is 1. The highest BCUT2D eigenvalue weighted by atomic mass is 35.5. The van der Waals surface area contributed by atoms with E-state index >= 15 is 0 Å². The number of carbonyl (C=O) groups excluding carboxylic acids is 1. The Balaban J connectivity index is 2.00. The van der Waals surface area contributed by atoms with E-state index in [1.807, 2.05) is 6.07 Å². The average Bonchev–Trinajstić information content (AvgIpc) is 2.65. The van der Waals surface area contributed by atoms with Gasteiger partial charge in [0.1, 0.15) is 5.82 Å². The Morgan fingerprint density at radius 2 is 2.50 bits per heavy atom. The first-order valence-electron chi connectivity index (χ1n) is 5.16. The highest BCUT2D eigenvalue weighted by Crippen LogP contribution is 2.18. The van der Waals surface area contributed by atoms with Crippen molar-refractivity contribution in [3.8, 4) is 0 Å². The Bertz CT molecular complexity index is 398. The lowest BCUT2D eigenvalue weighted by Gasteiger charge is -2.17. The van der Waals surface area contributed by atoms with Crippen LogP contribution in [0.25, 0.3) is 0 Å². The summed E-state index contributed by atoms with van der Waals surface area (Å²) in [4.78, 5) is 21.0. The van der Waals surface area contributed by atoms with Crippen molar-refractivity contribution in [2.45, 2.75) is 19.4 Å². The molecule has 86 valence electrons. The van der Waals surface area contributed by atoms with E-state index in [1.165, 1.54) is 6.92 Å². The maximum atomic E-state index is 10.9. The van der Waals surface area contributed by atoms with E-state index < -0.39 is 0 Å². The molecule has 1 N–H and O–H groups in total. The van der Waals surface area contributed by atoms with Crippen molar-refractivity contribution in [2.24, 2.45) is 0 Å². The number of aromatic nitrogens is 2. The molecule has 5 nitrogen and oxygen atoms in total. The molecule has 0 aromatic carbocycles. The molecule has 1 aliphatic heterocycles. The van der Waals surface area contributed by atoms with Gasteiger partial charge in [-0.1, -0.05) is 0 Å². The number of anilines is 1. The van der Waals surface area contributed by atoms with Crippen molar-refractivity contribution in [3.63, 3.8) is 0 Å². The third-order valence-electron chi connectivity index (χ3n) is 2.53. The van der Waals surface area contributed by atoms with Crippen molar-refractivity contribution in [3.05, 3.63) is 17.5 Å². The molecule has 6 heteroatoms. The fourth-order valence-electron chi connectivity index (χ4n) is 1.88. The van der Waals surface area contributed by atoms with Crippen LogP contribution in [0.3, 0.4) is 0 Å². The van der Waals surface area contributed by atoms with Gasteiger partial charge in [0, 0.05) is 32.3 Å². The van der Waals surface area contributed by atoms with E-state index in [0.717, 1.165) is 25.3 Å². The van der Waals surface area contributed by atoms with E-state index in [4.69, 9.17) is 11.6 Å². The molecule has 1 fully saturated rings. The molecule has 1 amide bonds. The monoisotopic (exact) mass is 240 g/mol. The minimum absolute atomic E-state index is 0.00701. The Morgan fingerprint density at radius 3 is 3.19 bits per heavy atom. The topological polar surface area (TPSA) is 58.1 Å². The highest BCUT2D eigenvalue weighted by molar-refractivity contribution is 6.28. The predicted molar refractivity (Wildman–Crippen MR) is 61.5 cm³/mol. The van der Waals surface area contributed by atoms with Crippen molar-refractivity contribution >= 4 is 23.3 Å². The van der Waals surface area contributed by atoms with Gasteiger partial charge in [-0.15, -0.1) is 0 Å². The summed E-state index contributed by atoms with van der Waals surface area (Å²) in [7, 11) is 0. The first-order chi connectivity index (χ1) is 7.65. The lowest BCUT2D eigenvalue weighted by Crippen LogP contribution is -2.35. The Morgan fingerprint density at radius 1 is 1.69 bits per heavy atom. The zero-order valence-corrected chi connectivity index (χ0v) is 9.74. The molecule has 0 saturated carbocycles. The van der Waals surface area contributed by atoms with Gasteiger partial charge in [0.05, 0.1) is 0 Å². The second-order valence-electron chi connectivity index (χ2n) is 3.82. The average molecular weight is 241 g/mol.